The Hall–Kier alpha value is -2.17. The van der Waals surface area contributed by atoms with Gasteiger partial charge in [0.1, 0.15) is 0 Å². The second kappa shape index (κ2) is 10.6. The number of anilines is 2. The highest BCUT2D eigenvalue weighted by Gasteiger charge is 2.61. The maximum Gasteiger partial charge on any atom is 0.237 e. The third kappa shape index (κ3) is 4.92. The Morgan fingerprint density at radius 3 is 1.94 bits per heavy atom. The molecule has 2 bridgehead atoms. The van der Waals surface area contributed by atoms with Gasteiger partial charge in [0.15, 0.2) is 0 Å². The van der Waals surface area contributed by atoms with E-state index in [4.69, 9.17) is 0 Å². The minimum absolute atomic E-state index is 0.0191. The predicted octanol–water partition coefficient (Wildman–Crippen LogP) is 6.08. The largest absolute Gasteiger partial charge is 0.326 e. The van der Waals surface area contributed by atoms with Gasteiger partial charge >= 0.3 is 0 Å². The standard InChI is InChI=1S/C27H38N2O3/c1-2-3-4-5-6-7-8-9-10-11-23(30)28-21-14-16-22(17-15-21)29-26(31)24-19-12-13-20(18-19)25(24)27(29)32/h14-17,19-20,24-25H,2-13,18H2,1H3,(H,28,30)/t19-,20-,24+,25+/m0/s1. The SMILES string of the molecule is CCCCCCCCCCCC(=O)Nc1ccc(N2C(=O)[C@@H]3[C@H]4CC[C@@H](C4)[C@H]3C2=O)cc1. The van der Waals surface area contributed by atoms with Crippen molar-refractivity contribution >= 4 is 29.1 Å². The highest BCUT2D eigenvalue weighted by atomic mass is 16.2. The molecule has 3 amide bonds. The molecular weight excluding hydrogens is 400 g/mol. The van der Waals surface area contributed by atoms with Crippen LogP contribution in [0.3, 0.4) is 0 Å². The third-order valence-electron chi connectivity index (χ3n) is 7.84. The normalized spacial score (nSPS) is 26.1. The number of carbonyl (C=O) groups excluding carboxylic acids is 3. The lowest BCUT2D eigenvalue weighted by Crippen LogP contribution is -2.32. The van der Waals surface area contributed by atoms with Crippen molar-refractivity contribution in [3.8, 4) is 0 Å². The minimum atomic E-state index is -0.100. The molecule has 32 heavy (non-hydrogen) atoms. The Morgan fingerprint density at radius 2 is 1.38 bits per heavy atom. The summed E-state index contributed by atoms with van der Waals surface area (Å²) in [5, 5.41) is 2.94. The van der Waals surface area contributed by atoms with Gasteiger partial charge < -0.3 is 5.32 Å². The van der Waals surface area contributed by atoms with Crippen molar-refractivity contribution < 1.29 is 14.4 Å². The third-order valence-corrected chi connectivity index (χ3v) is 7.84. The summed E-state index contributed by atoms with van der Waals surface area (Å²) in [6, 6.07) is 7.17. The van der Waals surface area contributed by atoms with Crippen molar-refractivity contribution in [1.82, 2.24) is 0 Å². The van der Waals surface area contributed by atoms with E-state index in [0.717, 1.165) is 32.1 Å². The first-order chi connectivity index (χ1) is 15.6. The van der Waals surface area contributed by atoms with Crippen LogP contribution in [0.25, 0.3) is 0 Å². The molecule has 0 spiro atoms. The molecule has 5 heteroatoms. The van der Waals surface area contributed by atoms with Crippen LogP contribution in [0, 0.1) is 23.7 Å². The molecule has 4 atom stereocenters. The van der Waals surface area contributed by atoms with Crippen LogP contribution in [0.1, 0.15) is 90.4 Å². The molecule has 1 aromatic rings. The van der Waals surface area contributed by atoms with E-state index in [9.17, 15) is 14.4 Å². The quantitative estimate of drug-likeness (QED) is 0.318. The molecule has 0 radical (unpaired) electrons. The van der Waals surface area contributed by atoms with Crippen molar-refractivity contribution in [3.05, 3.63) is 24.3 Å². The summed E-state index contributed by atoms with van der Waals surface area (Å²) in [5.74, 6) is 0.579. The van der Waals surface area contributed by atoms with E-state index >= 15 is 0 Å². The Kier molecular flexibility index (Phi) is 7.64. The second-order valence-corrected chi connectivity index (χ2v) is 10.1. The first-order valence-electron chi connectivity index (χ1n) is 12.9. The fourth-order valence-corrected chi connectivity index (χ4v) is 6.18. The minimum Gasteiger partial charge on any atom is -0.326 e. The summed E-state index contributed by atoms with van der Waals surface area (Å²) < 4.78 is 0. The monoisotopic (exact) mass is 438 g/mol. The number of carbonyl (C=O) groups is 3. The van der Waals surface area contributed by atoms with Crippen LogP contribution in [-0.4, -0.2) is 17.7 Å². The van der Waals surface area contributed by atoms with E-state index in [1.54, 1.807) is 24.3 Å². The maximum atomic E-state index is 12.9. The average molecular weight is 439 g/mol. The van der Waals surface area contributed by atoms with Crippen LogP contribution in [0.5, 0.6) is 0 Å². The summed E-state index contributed by atoms with van der Waals surface area (Å²) in [7, 11) is 0. The van der Waals surface area contributed by atoms with Gasteiger partial charge in [0, 0.05) is 12.1 Å². The molecular formula is C27H38N2O3. The molecule has 1 heterocycles. The van der Waals surface area contributed by atoms with Gasteiger partial charge in [-0.1, -0.05) is 58.3 Å². The molecule has 1 saturated heterocycles. The van der Waals surface area contributed by atoms with Gasteiger partial charge in [-0.2, -0.15) is 0 Å². The highest BCUT2D eigenvalue weighted by molar-refractivity contribution is 6.22. The van der Waals surface area contributed by atoms with Gasteiger partial charge in [0.2, 0.25) is 17.7 Å². The van der Waals surface area contributed by atoms with Crippen LogP contribution in [0.2, 0.25) is 0 Å². The second-order valence-electron chi connectivity index (χ2n) is 10.1. The Labute approximate surface area is 192 Å². The van der Waals surface area contributed by atoms with Gasteiger partial charge in [0.25, 0.3) is 0 Å². The van der Waals surface area contributed by atoms with Gasteiger partial charge in [-0.05, 0) is 61.8 Å². The zero-order valence-corrected chi connectivity index (χ0v) is 19.5. The van der Waals surface area contributed by atoms with E-state index in [0.29, 0.717) is 29.6 Å². The van der Waals surface area contributed by atoms with E-state index in [1.807, 2.05) is 0 Å². The number of fused-ring (bicyclic) bond motifs is 5. The molecule has 3 fully saturated rings. The van der Waals surface area contributed by atoms with Crippen LogP contribution in [-0.2, 0) is 14.4 Å². The number of hydrogen-bond acceptors (Lipinski definition) is 3. The number of nitrogens with zero attached hydrogens (tertiary/aromatic N) is 1. The van der Waals surface area contributed by atoms with Crippen molar-refractivity contribution in [2.45, 2.75) is 90.4 Å². The number of rotatable bonds is 12. The molecule has 3 aliphatic rings. The van der Waals surface area contributed by atoms with E-state index in [1.165, 1.54) is 49.8 Å². The van der Waals surface area contributed by atoms with Crippen molar-refractivity contribution in [2.75, 3.05) is 10.2 Å². The lowest BCUT2D eigenvalue weighted by atomic mass is 9.81. The Balaban J connectivity index is 1.19. The van der Waals surface area contributed by atoms with E-state index in [2.05, 4.69) is 12.2 Å². The lowest BCUT2D eigenvalue weighted by molar-refractivity contribution is -0.123. The van der Waals surface area contributed by atoms with E-state index in [-0.39, 0.29) is 29.6 Å². The topological polar surface area (TPSA) is 66.5 Å². The van der Waals surface area contributed by atoms with Crippen molar-refractivity contribution in [2.24, 2.45) is 23.7 Å². The molecule has 0 aromatic heterocycles. The predicted molar refractivity (Wildman–Crippen MR) is 127 cm³/mol. The Bertz CT molecular complexity index is 791. The number of unbranched alkanes of at least 4 members (excludes halogenated alkanes) is 8. The number of imide groups is 1. The van der Waals surface area contributed by atoms with Crippen LogP contribution >= 0.6 is 0 Å². The maximum absolute atomic E-state index is 12.9. The van der Waals surface area contributed by atoms with Gasteiger partial charge in [-0.3, -0.25) is 19.3 Å². The number of nitrogens with one attached hydrogen (secondary N) is 1. The van der Waals surface area contributed by atoms with Crippen molar-refractivity contribution in [1.29, 1.82) is 0 Å². The molecule has 1 aliphatic heterocycles. The first-order valence-corrected chi connectivity index (χ1v) is 12.9. The molecule has 2 aliphatic carbocycles. The molecule has 1 N–H and O–H groups in total. The lowest BCUT2D eigenvalue weighted by Gasteiger charge is -2.19. The first kappa shape index (κ1) is 23.0. The molecule has 5 nitrogen and oxygen atoms in total. The Morgan fingerprint density at radius 1 is 0.844 bits per heavy atom. The van der Waals surface area contributed by atoms with Crippen molar-refractivity contribution in [3.63, 3.8) is 0 Å². The fourth-order valence-electron chi connectivity index (χ4n) is 6.18. The molecule has 4 rings (SSSR count). The fraction of sp³-hybridized carbons (Fsp3) is 0.667. The zero-order chi connectivity index (χ0) is 22.5. The zero-order valence-electron chi connectivity index (χ0n) is 19.5. The summed E-state index contributed by atoms with van der Waals surface area (Å²) in [6.07, 6.45) is 14.9. The van der Waals surface area contributed by atoms with Gasteiger partial charge in [-0.25, -0.2) is 0 Å². The van der Waals surface area contributed by atoms with E-state index < -0.39 is 0 Å². The summed E-state index contributed by atoms with van der Waals surface area (Å²) in [5.41, 5.74) is 1.35. The number of hydrogen-bond donors (Lipinski definition) is 1. The smallest absolute Gasteiger partial charge is 0.237 e. The van der Waals surface area contributed by atoms with Crippen LogP contribution < -0.4 is 10.2 Å². The van der Waals surface area contributed by atoms with Gasteiger partial charge in [-0.15, -0.1) is 0 Å². The summed E-state index contributed by atoms with van der Waals surface area (Å²) >= 11 is 0. The molecule has 0 unspecified atom stereocenters. The summed E-state index contributed by atoms with van der Waals surface area (Å²) in [4.78, 5) is 39.5. The highest BCUT2D eigenvalue weighted by Crippen LogP contribution is 2.56. The van der Waals surface area contributed by atoms with Crippen LogP contribution in [0.4, 0.5) is 11.4 Å². The molecule has 1 aromatic carbocycles. The molecule has 174 valence electrons. The van der Waals surface area contributed by atoms with Crippen LogP contribution in [0.15, 0.2) is 24.3 Å². The number of amides is 3. The molecule has 2 saturated carbocycles. The number of benzene rings is 1. The van der Waals surface area contributed by atoms with Gasteiger partial charge in [0.05, 0.1) is 17.5 Å². The summed E-state index contributed by atoms with van der Waals surface area (Å²) in [6.45, 7) is 2.24. The average Bonchev–Trinajstić information content (AvgIpc) is 3.47.